The molecule has 1 heterocycles. The molecule has 3 heteroatoms. The van der Waals surface area contributed by atoms with Gasteiger partial charge in [-0.3, -0.25) is 4.98 Å². The predicted octanol–water partition coefficient (Wildman–Crippen LogP) is 1.21. The number of hydrogen-bond acceptors (Lipinski definition) is 3. The molecule has 0 radical (unpaired) electrons. The molecule has 0 aromatic carbocycles. The second-order valence-electron chi connectivity index (χ2n) is 3.03. The number of pyridine rings is 1. The molecule has 3 nitrogen and oxygen atoms in total. The maximum Gasteiger partial charge on any atom is 0.0377 e. The number of hydrogen-bond donors (Lipinski definition) is 2. The molecule has 1 rings (SSSR count). The van der Waals surface area contributed by atoms with E-state index in [1.165, 1.54) is 0 Å². The molecule has 0 fully saturated rings. The van der Waals surface area contributed by atoms with Crippen LogP contribution < -0.4 is 11.1 Å². The average molecular weight is 179 g/mol. The summed E-state index contributed by atoms with van der Waals surface area (Å²) in [6.45, 7) is 4.19. The molecule has 0 aliphatic carbocycles. The van der Waals surface area contributed by atoms with Crippen LogP contribution >= 0.6 is 0 Å². The van der Waals surface area contributed by atoms with Gasteiger partial charge in [-0.25, -0.2) is 0 Å². The quantitative estimate of drug-likeness (QED) is 0.668. The summed E-state index contributed by atoms with van der Waals surface area (Å²) >= 11 is 0. The Balaban J connectivity index is 2.32. The third-order valence-corrected chi connectivity index (χ3v) is 1.99. The fourth-order valence-corrected chi connectivity index (χ4v) is 1.23. The van der Waals surface area contributed by atoms with Crippen molar-refractivity contribution in [2.24, 2.45) is 0 Å². The number of rotatable bonds is 5. The topological polar surface area (TPSA) is 50.9 Å². The number of nitrogens with two attached hydrogens (primary N) is 1. The maximum atomic E-state index is 5.77. The fourth-order valence-electron chi connectivity index (χ4n) is 1.23. The van der Waals surface area contributed by atoms with E-state index in [-0.39, 0.29) is 0 Å². The van der Waals surface area contributed by atoms with Gasteiger partial charge in [0.1, 0.15) is 0 Å². The van der Waals surface area contributed by atoms with Crippen LogP contribution in [0.1, 0.15) is 18.9 Å². The Hall–Kier alpha value is -1.09. The van der Waals surface area contributed by atoms with Gasteiger partial charge in [0.15, 0.2) is 0 Å². The number of anilines is 1. The molecular weight excluding hydrogens is 162 g/mol. The van der Waals surface area contributed by atoms with Crippen LogP contribution in [0.4, 0.5) is 5.69 Å². The third kappa shape index (κ3) is 3.42. The van der Waals surface area contributed by atoms with Crippen LogP contribution in [0.5, 0.6) is 0 Å². The molecule has 0 atom stereocenters. The Bertz CT molecular complexity index is 248. The van der Waals surface area contributed by atoms with E-state index < -0.39 is 0 Å². The standard InChI is InChI=1S/C10H17N3/c1-2-12-6-3-4-9-8-13-7-5-10(9)11/h5,7-8,12H,2-4,6H2,1H3,(H2,11,13). The van der Waals surface area contributed by atoms with E-state index in [1.807, 2.05) is 12.3 Å². The molecule has 0 aliphatic heterocycles. The summed E-state index contributed by atoms with van der Waals surface area (Å²) in [6.07, 6.45) is 5.70. The van der Waals surface area contributed by atoms with E-state index >= 15 is 0 Å². The zero-order valence-corrected chi connectivity index (χ0v) is 8.09. The number of nitrogens with zero attached hydrogens (tertiary/aromatic N) is 1. The molecule has 3 N–H and O–H groups in total. The van der Waals surface area contributed by atoms with Crippen molar-refractivity contribution in [1.29, 1.82) is 0 Å². The first-order valence-electron chi connectivity index (χ1n) is 4.73. The number of nitrogen functional groups attached to an aromatic ring is 1. The van der Waals surface area contributed by atoms with Crippen LogP contribution in [0.3, 0.4) is 0 Å². The lowest BCUT2D eigenvalue weighted by molar-refractivity contribution is 0.672. The Morgan fingerprint density at radius 3 is 3.08 bits per heavy atom. The van der Waals surface area contributed by atoms with Crippen molar-refractivity contribution in [3.8, 4) is 0 Å². The van der Waals surface area contributed by atoms with Crippen molar-refractivity contribution in [1.82, 2.24) is 10.3 Å². The highest BCUT2D eigenvalue weighted by molar-refractivity contribution is 5.44. The molecule has 0 aliphatic rings. The van der Waals surface area contributed by atoms with Crippen molar-refractivity contribution >= 4 is 5.69 Å². The molecule has 13 heavy (non-hydrogen) atoms. The lowest BCUT2D eigenvalue weighted by Gasteiger charge is -2.04. The van der Waals surface area contributed by atoms with Gasteiger partial charge >= 0.3 is 0 Å². The highest BCUT2D eigenvalue weighted by Gasteiger charge is 1.97. The largest absolute Gasteiger partial charge is 0.398 e. The van der Waals surface area contributed by atoms with Crippen LogP contribution in [0.15, 0.2) is 18.5 Å². The lowest BCUT2D eigenvalue weighted by atomic mass is 10.1. The van der Waals surface area contributed by atoms with E-state index in [4.69, 9.17) is 5.73 Å². The summed E-state index contributed by atoms with van der Waals surface area (Å²) in [5, 5.41) is 3.28. The Kier molecular flexibility index (Phi) is 4.26. The van der Waals surface area contributed by atoms with E-state index in [0.717, 1.165) is 37.2 Å². The number of aryl methyl sites for hydroxylation is 1. The Morgan fingerprint density at radius 2 is 2.38 bits per heavy atom. The van der Waals surface area contributed by atoms with Crippen LogP contribution in [0.25, 0.3) is 0 Å². The van der Waals surface area contributed by atoms with Crippen molar-refractivity contribution in [3.63, 3.8) is 0 Å². The molecule has 0 bridgehead atoms. The average Bonchev–Trinajstić information content (AvgIpc) is 2.15. The lowest BCUT2D eigenvalue weighted by Crippen LogP contribution is -2.14. The van der Waals surface area contributed by atoms with Gasteiger partial charge in [0.05, 0.1) is 0 Å². The summed E-state index contributed by atoms with van der Waals surface area (Å²) in [6, 6.07) is 1.85. The Labute approximate surface area is 79.4 Å². The minimum atomic E-state index is 0.853. The van der Waals surface area contributed by atoms with Crippen molar-refractivity contribution < 1.29 is 0 Å². The molecule has 72 valence electrons. The predicted molar refractivity (Wildman–Crippen MR) is 55.5 cm³/mol. The van der Waals surface area contributed by atoms with Gasteiger partial charge in [-0.05, 0) is 37.6 Å². The van der Waals surface area contributed by atoms with Crippen LogP contribution in [0.2, 0.25) is 0 Å². The van der Waals surface area contributed by atoms with E-state index in [0.29, 0.717) is 0 Å². The van der Waals surface area contributed by atoms with E-state index in [1.54, 1.807) is 6.20 Å². The number of aromatic nitrogens is 1. The molecule has 0 unspecified atom stereocenters. The molecular formula is C10H17N3. The molecule has 0 amide bonds. The summed E-state index contributed by atoms with van der Waals surface area (Å²) in [4.78, 5) is 4.04. The van der Waals surface area contributed by atoms with Gasteiger partial charge in [0.25, 0.3) is 0 Å². The normalized spacial score (nSPS) is 10.2. The molecule has 0 saturated carbocycles. The Morgan fingerprint density at radius 1 is 1.54 bits per heavy atom. The molecule has 0 spiro atoms. The first-order valence-corrected chi connectivity index (χ1v) is 4.73. The molecule has 1 aromatic rings. The minimum absolute atomic E-state index is 0.853. The smallest absolute Gasteiger partial charge is 0.0377 e. The number of nitrogens with one attached hydrogen (secondary N) is 1. The maximum absolute atomic E-state index is 5.77. The first kappa shape index (κ1) is 9.99. The summed E-state index contributed by atoms with van der Waals surface area (Å²) in [7, 11) is 0. The van der Waals surface area contributed by atoms with Gasteiger partial charge in [-0.1, -0.05) is 6.92 Å². The summed E-state index contributed by atoms with van der Waals surface area (Å²) in [5.41, 5.74) is 7.78. The second kappa shape index (κ2) is 5.54. The van der Waals surface area contributed by atoms with E-state index in [9.17, 15) is 0 Å². The van der Waals surface area contributed by atoms with Gasteiger partial charge in [-0.15, -0.1) is 0 Å². The van der Waals surface area contributed by atoms with Gasteiger partial charge in [0.2, 0.25) is 0 Å². The molecule has 0 saturated heterocycles. The van der Waals surface area contributed by atoms with Gasteiger partial charge in [0, 0.05) is 18.1 Å². The summed E-state index contributed by atoms with van der Waals surface area (Å²) in [5.74, 6) is 0. The SMILES string of the molecule is CCNCCCc1cnccc1N. The zero-order chi connectivity index (χ0) is 9.52. The highest BCUT2D eigenvalue weighted by Crippen LogP contribution is 2.10. The molecule has 1 aromatic heterocycles. The van der Waals surface area contributed by atoms with Crippen LogP contribution in [-0.2, 0) is 6.42 Å². The van der Waals surface area contributed by atoms with Crippen molar-refractivity contribution in [2.45, 2.75) is 19.8 Å². The highest BCUT2D eigenvalue weighted by atomic mass is 14.8. The summed E-state index contributed by atoms with van der Waals surface area (Å²) < 4.78 is 0. The van der Waals surface area contributed by atoms with Crippen molar-refractivity contribution in [2.75, 3.05) is 18.8 Å². The fraction of sp³-hybridized carbons (Fsp3) is 0.500. The van der Waals surface area contributed by atoms with E-state index in [2.05, 4.69) is 17.2 Å². The van der Waals surface area contributed by atoms with Crippen molar-refractivity contribution in [3.05, 3.63) is 24.0 Å². The minimum Gasteiger partial charge on any atom is -0.398 e. The third-order valence-electron chi connectivity index (χ3n) is 1.99. The zero-order valence-electron chi connectivity index (χ0n) is 8.09. The first-order chi connectivity index (χ1) is 6.34. The monoisotopic (exact) mass is 179 g/mol. The van der Waals surface area contributed by atoms with Crippen LogP contribution in [-0.4, -0.2) is 18.1 Å². The van der Waals surface area contributed by atoms with Crippen LogP contribution in [0, 0.1) is 0 Å². The van der Waals surface area contributed by atoms with Gasteiger partial charge in [-0.2, -0.15) is 0 Å². The second-order valence-corrected chi connectivity index (χ2v) is 3.03. The van der Waals surface area contributed by atoms with Gasteiger partial charge < -0.3 is 11.1 Å².